The highest BCUT2D eigenvalue weighted by atomic mass is 32.2. The Balaban J connectivity index is 1.36. The average Bonchev–Trinajstić information content (AvgIpc) is 3.17. The lowest BCUT2D eigenvalue weighted by Crippen LogP contribution is -2.28. The molecule has 3 aromatic rings. The Labute approximate surface area is 156 Å². The van der Waals surface area contributed by atoms with Crippen LogP contribution in [0.25, 0.3) is 11.0 Å². The van der Waals surface area contributed by atoms with Crippen LogP contribution in [0.3, 0.4) is 0 Å². The fourth-order valence-electron chi connectivity index (χ4n) is 3.27. The second kappa shape index (κ2) is 7.53. The second-order valence-corrected chi connectivity index (χ2v) is 7.57. The van der Waals surface area contributed by atoms with Crippen LogP contribution in [0.15, 0.2) is 39.9 Å². The van der Waals surface area contributed by atoms with Crippen molar-refractivity contribution >= 4 is 28.6 Å². The zero-order valence-electron chi connectivity index (χ0n) is 14.8. The van der Waals surface area contributed by atoms with Crippen molar-refractivity contribution in [2.24, 2.45) is 0 Å². The van der Waals surface area contributed by atoms with Gasteiger partial charge in [-0.1, -0.05) is 36.4 Å². The number of carbonyl (C=O) groups is 1. The summed E-state index contributed by atoms with van der Waals surface area (Å²) in [5, 5.41) is 13.4. The quantitative estimate of drug-likeness (QED) is 0.693. The van der Waals surface area contributed by atoms with Crippen LogP contribution in [0, 0.1) is 0 Å². The maximum Gasteiger partial charge on any atom is 0.231 e. The average molecular weight is 370 g/mol. The van der Waals surface area contributed by atoms with Crippen molar-refractivity contribution in [1.82, 2.24) is 20.1 Å². The topological polar surface area (TPSA) is 73.0 Å². The molecule has 0 spiro atoms. The molecule has 1 unspecified atom stereocenters. The Morgan fingerprint density at radius 2 is 2.19 bits per heavy atom. The number of aryl methyl sites for hydroxylation is 1. The SMILES string of the molecule is CC(NC(=O)CSc1nnc2n1CCCCC2)c1cc2ccccc2o1. The number of hydrogen-bond donors (Lipinski definition) is 1. The number of para-hydroxylation sites is 1. The van der Waals surface area contributed by atoms with Gasteiger partial charge < -0.3 is 14.3 Å². The summed E-state index contributed by atoms with van der Waals surface area (Å²) >= 11 is 1.45. The van der Waals surface area contributed by atoms with E-state index >= 15 is 0 Å². The molecule has 1 amide bonds. The van der Waals surface area contributed by atoms with E-state index in [1.807, 2.05) is 37.3 Å². The van der Waals surface area contributed by atoms with Crippen LogP contribution in [0.5, 0.6) is 0 Å². The van der Waals surface area contributed by atoms with Crippen molar-refractivity contribution in [2.45, 2.75) is 50.4 Å². The number of carbonyl (C=O) groups excluding carboxylic acids is 1. The van der Waals surface area contributed by atoms with Crippen LogP contribution >= 0.6 is 11.8 Å². The predicted molar refractivity (Wildman–Crippen MR) is 101 cm³/mol. The van der Waals surface area contributed by atoms with E-state index in [1.54, 1.807) is 0 Å². The molecule has 4 rings (SSSR count). The minimum atomic E-state index is -0.175. The molecule has 1 atom stereocenters. The third kappa shape index (κ3) is 3.62. The largest absolute Gasteiger partial charge is 0.459 e. The van der Waals surface area contributed by atoms with Crippen LogP contribution in [0.2, 0.25) is 0 Å². The smallest absolute Gasteiger partial charge is 0.231 e. The summed E-state index contributed by atoms with van der Waals surface area (Å²) in [6, 6.07) is 9.65. The molecule has 0 saturated heterocycles. The van der Waals surface area contributed by atoms with Gasteiger partial charge in [-0.25, -0.2) is 0 Å². The van der Waals surface area contributed by atoms with Gasteiger partial charge in [-0.05, 0) is 31.9 Å². The number of thioether (sulfide) groups is 1. The van der Waals surface area contributed by atoms with Crippen LogP contribution in [0.1, 0.15) is 43.8 Å². The lowest BCUT2D eigenvalue weighted by atomic mass is 10.2. The van der Waals surface area contributed by atoms with E-state index in [-0.39, 0.29) is 11.9 Å². The van der Waals surface area contributed by atoms with Gasteiger partial charge in [0, 0.05) is 18.4 Å². The summed E-state index contributed by atoms with van der Waals surface area (Å²) in [6.45, 7) is 2.88. The van der Waals surface area contributed by atoms with E-state index in [1.165, 1.54) is 18.2 Å². The number of rotatable bonds is 5. The predicted octanol–water partition coefficient (Wildman–Crippen LogP) is 3.72. The molecule has 1 N–H and O–H groups in total. The van der Waals surface area contributed by atoms with Gasteiger partial charge in [0.05, 0.1) is 11.8 Å². The standard InChI is InChI=1S/C19H22N4O2S/c1-13(16-11-14-7-4-5-8-15(14)25-16)20-18(24)12-26-19-22-21-17-9-3-2-6-10-23(17)19/h4-5,7-8,11,13H,2-3,6,9-10,12H2,1H3,(H,20,24). The summed E-state index contributed by atoms with van der Waals surface area (Å²) in [5.74, 6) is 2.10. The van der Waals surface area contributed by atoms with E-state index in [0.29, 0.717) is 5.75 Å². The minimum Gasteiger partial charge on any atom is -0.459 e. The number of furan rings is 1. The van der Waals surface area contributed by atoms with Gasteiger partial charge in [0.2, 0.25) is 5.91 Å². The number of fused-ring (bicyclic) bond motifs is 2. The summed E-state index contributed by atoms with van der Waals surface area (Å²) in [5.41, 5.74) is 0.837. The van der Waals surface area contributed by atoms with Crippen molar-refractivity contribution in [3.63, 3.8) is 0 Å². The van der Waals surface area contributed by atoms with Crippen LogP contribution in [0.4, 0.5) is 0 Å². The zero-order valence-corrected chi connectivity index (χ0v) is 15.6. The maximum absolute atomic E-state index is 12.3. The molecule has 3 heterocycles. The van der Waals surface area contributed by atoms with Crippen molar-refractivity contribution in [2.75, 3.05) is 5.75 Å². The van der Waals surface area contributed by atoms with Crippen molar-refractivity contribution < 1.29 is 9.21 Å². The summed E-state index contributed by atoms with van der Waals surface area (Å²) in [6.07, 6.45) is 4.51. The summed E-state index contributed by atoms with van der Waals surface area (Å²) in [4.78, 5) is 12.3. The lowest BCUT2D eigenvalue weighted by molar-refractivity contribution is -0.119. The highest BCUT2D eigenvalue weighted by Crippen LogP contribution is 2.24. The molecule has 26 heavy (non-hydrogen) atoms. The number of hydrogen-bond acceptors (Lipinski definition) is 5. The third-order valence-electron chi connectivity index (χ3n) is 4.66. The second-order valence-electron chi connectivity index (χ2n) is 6.63. The first-order chi connectivity index (χ1) is 12.7. The molecular formula is C19H22N4O2S. The Morgan fingerprint density at radius 1 is 1.31 bits per heavy atom. The van der Waals surface area contributed by atoms with E-state index in [0.717, 1.165) is 53.5 Å². The van der Waals surface area contributed by atoms with Crippen LogP contribution in [-0.4, -0.2) is 26.4 Å². The molecule has 0 saturated carbocycles. The minimum absolute atomic E-state index is 0.0334. The van der Waals surface area contributed by atoms with Crippen molar-refractivity contribution in [3.8, 4) is 0 Å². The van der Waals surface area contributed by atoms with Crippen molar-refractivity contribution in [1.29, 1.82) is 0 Å². The molecule has 0 bridgehead atoms. The highest BCUT2D eigenvalue weighted by Gasteiger charge is 2.18. The highest BCUT2D eigenvalue weighted by molar-refractivity contribution is 7.99. The monoisotopic (exact) mass is 370 g/mol. The van der Waals surface area contributed by atoms with Gasteiger partial charge in [0.1, 0.15) is 17.2 Å². The number of nitrogens with one attached hydrogen (secondary N) is 1. The normalized spacial score (nSPS) is 15.4. The molecular weight excluding hydrogens is 348 g/mol. The molecule has 0 radical (unpaired) electrons. The number of benzene rings is 1. The maximum atomic E-state index is 12.3. The molecule has 0 aliphatic carbocycles. The fraction of sp³-hybridized carbons (Fsp3) is 0.421. The molecule has 1 aliphatic heterocycles. The first kappa shape index (κ1) is 17.1. The third-order valence-corrected chi connectivity index (χ3v) is 5.62. The lowest BCUT2D eigenvalue weighted by Gasteiger charge is -2.11. The van der Waals surface area contributed by atoms with E-state index < -0.39 is 0 Å². The molecule has 1 aliphatic rings. The molecule has 2 aromatic heterocycles. The van der Waals surface area contributed by atoms with Gasteiger partial charge in [-0.2, -0.15) is 0 Å². The van der Waals surface area contributed by atoms with Crippen molar-refractivity contribution in [3.05, 3.63) is 41.9 Å². The summed E-state index contributed by atoms with van der Waals surface area (Å²) in [7, 11) is 0. The van der Waals surface area contributed by atoms with Gasteiger partial charge >= 0.3 is 0 Å². The summed E-state index contributed by atoms with van der Waals surface area (Å²) < 4.78 is 7.98. The first-order valence-electron chi connectivity index (χ1n) is 9.03. The Kier molecular flexibility index (Phi) is 4.97. The van der Waals surface area contributed by atoms with E-state index in [2.05, 4.69) is 20.1 Å². The Morgan fingerprint density at radius 3 is 3.08 bits per heavy atom. The van der Waals surface area contributed by atoms with Gasteiger partial charge in [0.15, 0.2) is 5.16 Å². The number of aromatic nitrogens is 3. The molecule has 0 fully saturated rings. The number of nitrogens with zero attached hydrogens (tertiary/aromatic N) is 3. The first-order valence-corrected chi connectivity index (χ1v) is 10.0. The van der Waals surface area contributed by atoms with Gasteiger partial charge in [0.25, 0.3) is 0 Å². The molecule has 6 nitrogen and oxygen atoms in total. The van der Waals surface area contributed by atoms with Crippen LogP contribution < -0.4 is 5.32 Å². The van der Waals surface area contributed by atoms with Gasteiger partial charge in [-0.3, -0.25) is 4.79 Å². The Bertz CT molecular complexity index is 884. The van der Waals surface area contributed by atoms with Gasteiger partial charge in [-0.15, -0.1) is 10.2 Å². The molecule has 7 heteroatoms. The fourth-order valence-corrected chi connectivity index (χ4v) is 4.06. The zero-order chi connectivity index (χ0) is 17.9. The molecule has 1 aromatic carbocycles. The molecule has 136 valence electrons. The van der Waals surface area contributed by atoms with E-state index in [9.17, 15) is 4.79 Å². The van der Waals surface area contributed by atoms with Crippen LogP contribution in [-0.2, 0) is 17.8 Å². The van der Waals surface area contributed by atoms with E-state index in [4.69, 9.17) is 4.42 Å². The number of amides is 1. The Hall–Kier alpha value is -2.28.